The molecule has 0 amide bonds. The van der Waals surface area contributed by atoms with Gasteiger partial charge < -0.3 is 5.11 Å². The van der Waals surface area contributed by atoms with Crippen LogP contribution in [0.15, 0.2) is 18.7 Å². The third-order valence-corrected chi connectivity index (χ3v) is 0.725. The summed E-state index contributed by atoms with van der Waals surface area (Å²) in [6.45, 7) is 0. The molecule has 0 aliphatic carbocycles. The number of rotatable bonds is 0. The van der Waals surface area contributed by atoms with Gasteiger partial charge in [0.25, 0.3) is 0 Å². The van der Waals surface area contributed by atoms with Crippen LogP contribution in [-0.2, 0) is 0 Å². The summed E-state index contributed by atoms with van der Waals surface area (Å²) < 4.78 is 0.972. The Morgan fingerprint density at radius 2 is 2.33 bits per heavy atom. The van der Waals surface area contributed by atoms with E-state index in [0.717, 1.165) is 4.57 Å². The van der Waals surface area contributed by atoms with Crippen molar-refractivity contribution >= 4 is 43.8 Å². The summed E-state index contributed by atoms with van der Waals surface area (Å²) in [5, 5.41) is 8.20. The Morgan fingerprint density at radius 1 is 1.67 bits per heavy atom. The molecule has 1 rings (SSSR count). The first-order chi connectivity index (χ1) is 3.80. The Labute approximate surface area is 81.5 Å². The molecule has 0 bridgehead atoms. The maximum atomic E-state index is 9.98. The van der Waals surface area contributed by atoms with E-state index in [1.165, 1.54) is 18.7 Å². The summed E-state index contributed by atoms with van der Waals surface area (Å²) >= 11 is 0. The molecule has 0 spiro atoms. The first-order valence-electron chi connectivity index (χ1n) is 2.02. The van der Waals surface area contributed by atoms with E-state index in [2.05, 4.69) is 4.98 Å². The van der Waals surface area contributed by atoms with Crippen LogP contribution in [-0.4, -0.2) is 58.5 Å². The molecule has 9 heavy (non-hydrogen) atoms. The van der Waals surface area contributed by atoms with Crippen LogP contribution >= 0.6 is 0 Å². The van der Waals surface area contributed by atoms with Crippen molar-refractivity contribution in [3.63, 3.8) is 0 Å². The summed E-state index contributed by atoms with van der Waals surface area (Å²) in [6.07, 6.45) is 2.99. The van der Waals surface area contributed by atoms with E-state index in [-0.39, 0.29) is 37.7 Å². The Hall–Kier alpha value is -0.0603. The molecule has 1 N–H and O–H groups in total. The van der Waals surface area contributed by atoms with Crippen molar-refractivity contribution in [2.24, 2.45) is 0 Å². The zero-order chi connectivity index (χ0) is 5.98. The Balaban J connectivity index is 0.000000640. The molecule has 4 nitrogen and oxygen atoms in total. The molecule has 0 aromatic carbocycles. The zero-order valence-corrected chi connectivity index (χ0v) is 3.98. The van der Waals surface area contributed by atoms with E-state index in [0.29, 0.717) is 0 Å². The van der Waals surface area contributed by atoms with Gasteiger partial charge in [0.2, 0.25) is 0 Å². The van der Waals surface area contributed by atoms with Gasteiger partial charge in [-0.25, -0.2) is 14.3 Å². The summed E-state index contributed by atoms with van der Waals surface area (Å²) in [7, 11) is 0. The third kappa shape index (κ3) is 2.34. The minimum absolute atomic E-state index is 0. The van der Waals surface area contributed by atoms with Gasteiger partial charge in [-0.15, -0.1) is 0 Å². The number of aromatic nitrogens is 2. The monoisotopic (exact) mass is 154 g/mol. The van der Waals surface area contributed by atoms with Gasteiger partial charge in [0.1, 0.15) is 6.33 Å². The number of carbonyl (C=O) groups is 1. The second kappa shape index (κ2) is 3.87. The third-order valence-electron chi connectivity index (χ3n) is 0.725. The van der Waals surface area contributed by atoms with Crippen molar-refractivity contribution in [1.29, 1.82) is 0 Å². The average molecular weight is 154 g/mol. The first kappa shape index (κ1) is 8.94. The van der Waals surface area contributed by atoms with Gasteiger partial charge >= 0.3 is 43.8 Å². The Kier molecular flexibility index (Phi) is 3.84. The fraction of sp³-hybridized carbons (Fsp3) is 0. The van der Waals surface area contributed by atoms with Crippen LogP contribution < -0.4 is 0 Å². The first-order valence-corrected chi connectivity index (χ1v) is 2.02. The van der Waals surface area contributed by atoms with Gasteiger partial charge in [0.15, 0.2) is 0 Å². The normalized spacial score (nSPS) is 8.00. The van der Waals surface area contributed by atoms with Gasteiger partial charge in [-0.1, -0.05) is 0 Å². The predicted molar refractivity (Wildman–Crippen MR) is 34.2 cm³/mol. The SMILES string of the molecule is O=C(O)n1ccnc1.[CaH2]. The van der Waals surface area contributed by atoms with E-state index in [1.54, 1.807) is 0 Å². The molecule has 0 unspecified atom stereocenters. The Bertz CT molecular complexity index is 184. The summed E-state index contributed by atoms with van der Waals surface area (Å²) in [5.41, 5.74) is 0. The van der Waals surface area contributed by atoms with Gasteiger partial charge in [0, 0.05) is 12.4 Å². The number of imidazole rings is 1. The number of hydrogen-bond acceptors (Lipinski definition) is 2. The molecule has 1 heterocycles. The molecule has 5 heteroatoms. The van der Waals surface area contributed by atoms with Crippen LogP contribution in [0.2, 0.25) is 0 Å². The molecule has 1 aromatic heterocycles. The van der Waals surface area contributed by atoms with Crippen LogP contribution in [0.4, 0.5) is 4.79 Å². The second-order valence-electron chi connectivity index (χ2n) is 1.25. The molecule has 0 aliphatic heterocycles. The standard InChI is InChI=1S/C4H4N2O2.Ca.2H/c7-4(8)6-2-1-5-3-6;;;/h1-3H,(H,7,8);;;. The van der Waals surface area contributed by atoms with Gasteiger partial charge in [-0.05, 0) is 0 Å². The van der Waals surface area contributed by atoms with Crippen molar-refractivity contribution in [3.8, 4) is 0 Å². The van der Waals surface area contributed by atoms with Crippen molar-refractivity contribution < 1.29 is 9.90 Å². The van der Waals surface area contributed by atoms with Gasteiger partial charge in [-0.2, -0.15) is 0 Å². The predicted octanol–water partition coefficient (Wildman–Crippen LogP) is -0.507. The zero-order valence-electron chi connectivity index (χ0n) is 3.98. The molecule has 0 fully saturated rings. The van der Waals surface area contributed by atoms with Gasteiger partial charge in [-0.3, -0.25) is 0 Å². The number of hydrogen-bond donors (Lipinski definition) is 1. The molecular weight excluding hydrogens is 148 g/mol. The van der Waals surface area contributed by atoms with Crippen molar-refractivity contribution in [1.82, 2.24) is 9.55 Å². The molecule has 0 aliphatic rings. The summed E-state index contributed by atoms with van der Waals surface area (Å²) in [6, 6.07) is 0. The summed E-state index contributed by atoms with van der Waals surface area (Å²) in [5.74, 6) is 0. The number of carboxylic acid groups (broad SMARTS) is 1. The van der Waals surface area contributed by atoms with E-state index in [4.69, 9.17) is 5.11 Å². The van der Waals surface area contributed by atoms with Crippen molar-refractivity contribution in [2.45, 2.75) is 0 Å². The van der Waals surface area contributed by atoms with E-state index >= 15 is 0 Å². The van der Waals surface area contributed by atoms with Crippen LogP contribution in [0, 0.1) is 0 Å². The fourth-order valence-corrected chi connectivity index (χ4v) is 0.372. The topological polar surface area (TPSA) is 55.1 Å². The average Bonchev–Trinajstić information content (AvgIpc) is 2.12. The molecule has 0 radical (unpaired) electrons. The molecular formula is C4H6CaN2O2. The fourth-order valence-electron chi connectivity index (χ4n) is 0.372. The molecule has 0 saturated heterocycles. The van der Waals surface area contributed by atoms with Crippen LogP contribution in [0.3, 0.4) is 0 Å². The molecule has 0 saturated carbocycles. The summed E-state index contributed by atoms with van der Waals surface area (Å²) in [4.78, 5) is 13.5. The van der Waals surface area contributed by atoms with E-state index in [1.807, 2.05) is 0 Å². The second-order valence-corrected chi connectivity index (χ2v) is 1.25. The minimum atomic E-state index is -1.01. The maximum absolute atomic E-state index is 9.98. The van der Waals surface area contributed by atoms with Crippen LogP contribution in [0.25, 0.3) is 0 Å². The van der Waals surface area contributed by atoms with Crippen LogP contribution in [0.1, 0.15) is 0 Å². The molecule has 46 valence electrons. The van der Waals surface area contributed by atoms with Crippen molar-refractivity contribution in [3.05, 3.63) is 18.7 Å². The number of nitrogens with zero attached hydrogens (tertiary/aromatic N) is 2. The molecule has 1 aromatic rings. The van der Waals surface area contributed by atoms with E-state index < -0.39 is 6.09 Å². The van der Waals surface area contributed by atoms with Crippen molar-refractivity contribution in [2.75, 3.05) is 0 Å². The van der Waals surface area contributed by atoms with Crippen LogP contribution in [0.5, 0.6) is 0 Å². The Morgan fingerprint density at radius 3 is 2.56 bits per heavy atom. The van der Waals surface area contributed by atoms with E-state index in [9.17, 15) is 4.79 Å². The quantitative estimate of drug-likeness (QED) is 0.512. The molecule has 0 atom stereocenters. The van der Waals surface area contributed by atoms with Gasteiger partial charge in [0.05, 0.1) is 0 Å².